The molecule has 0 aliphatic heterocycles. The molecule has 550 valence electrons. The molecule has 3 aromatic rings. The molecular formula is C56H98BrK2NNa4O30P6. The average molecular weight is 1700 g/mol. The van der Waals surface area contributed by atoms with E-state index in [0.717, 1.165) is 33.4 Å². The SMILES string of the molecule is COP(=O)(CCc1cc(CBr)cc(CCP(=O)(OC)OC)c1)OC.COP(=O)(CCc1cc(CCC(CO)(CO)CO)cc(CCP(=O)(OC)OC)c1)OC.NC(CO)(CO)CO.O=CO[O-].O=P([O-])([O-])CCc1cc(CCC(CO)(CO)CO)cc(CCP(=O)([O-])[O-])c1.[H-].[K+].[K+].[Na+].[Na+].[Na+].[Na+]. The van der Waals surface area contributed by atoms with Gasteiger partial charge in [0.05, 0.1) is 89.6 Å². The molecule has 0 unspecified atom stereocenters. The van der Waals surface area contributed by atoms with E-state index in [1.807, 2.05) is 36.4 Å². The first-order valence-electron chi connectivity index (χ1n) is 28.8. The van der Waals surface area contributed by atoms with E-state index in [2.05, 4.69) is 20.8 Å². The standard InChI is InChI=1S/C20H36O9P2.C16H28O9P2.C15H25BrO6P2.C4H11NO3.CH2O3.2K.4Na.H/c1-26-30(24,27-2)9-6-18-11-17(5-8-20(14-21,15-22)16-23)12-19(13-18)7-10-31(25,28-3)29-4;17-10-16(11-18,12-19)4-1-13-7-14(2-5-26(20,21)22)9-15(8-13)3-6-27(23,24)25;1-19-23(17,20-2)7-5-13-9-14(11-15(10-13)12-16)6-8-24(18,21-3)22-4;5-4(1-6,2-7)3-8;2-1-4-3;;;;;;;/h11-13,21-23H,5-10,14-16H2,1-4H3;7-9,17-19H,1-6,10-12H2,(H2,20,21,22)(H2,23,24,25);9-11H,5-8,12H2,1-4H3;6-8H,1-3,5H2;1,3H;;;;;;;/q;;;;;6*+1;-1/p-5. The van der Waals surface area contributed by atoms with E-state index in [0.29, 0.717) is 79.3 Å². The number of nitrogens with two attached hydrogens (primary N) is 1. The molecule has 0 atom stereocenters. The molecule has 0 spiro atoms. The summed E-state index contributed by atoms with van der Waals surface area (Å²) in [7, 11) is -10.9. The monoisotopic (exact) mass is 1700 g/mol. The Bertz CT molecular complexity index is 2740. The molecule has 0 aliphatic carbocycles. The summed E-state index contributed by atoms with van der Waals surface area (Å²) in [5, 5.41) is 91.1. The van der Waals surface area contributed by atoms with Gasteiger partial charge in [-0.15, -0.1) is 0 Å². The molecule has 0 heterocycles. The van der Waals surface area contributed by atoms with E-state index in [1.54, 1.807) is 18.2 Å². The second-order valence-electron chi connectivity index (χ2n) is 21.6. The van der Waals surface area contributed by atoms with Crippen molar-refractivity contribution in [3.63, 3.8) is 0 Å². The Hall–Kier alpha value is 5.34. The Labute approximate surface area is 772 Å². The summed E-state index contributed by atoms with van der Waals surface area (Å²) in [5.41, 5.74) is 9.40. The van der Waals surface area contributed by atoms with Gasteiger partial charge in [-0.05, 0) is 127 Å². The molecule has 0 saturated carbocycles. The second-order valence-corrected chi connectivity index (χ2v) is 35.0. The van der Waals surface area contributed by atoms with Crippen molar-refractivity contribution in [1.82, 2.24) is 0 Å². The quantitative estimate of drug-likeness (QED) is 0.00628. The predicted molar refractivity (Wildman–Crippen MR) is 346 cm³/mol. The van der Waals surface area contributed by atoms with Gasteiger partial charge in [0.2, 0.25) is 0 Å². The van der Waals surface area contributed by atoms with E-state index in [1.165, 1.54) is 56.9 Å². The fraction of sp³-hybridized carbons (Fsp3) is 0.661. The molecule has 3 aromatic carbocycles. The van der Waals surface area contributed by atoms with Crippen LogP contribution in [0.3, 0.4) is 0 Å². The topological polar surface area (TPSA) is 526 Å². The Balaban J connectivity index is -0.000000161. The molecule has 0 aliphatic rings. The largest absolute Gasteiger partial charge is 1.00 e. The van der Waals surface area contributed by atoms with Gasteiger partial charge < -0.3 is 128 Å². The van der Waals surface area contributed by atoms with Crippen molar-refractivity contribution in [2.24, 2.45) is 16.6 Å². The van der Waals surface area contributed by atoms with Crippen LogP contribution in [0.2, 0.25) is 0 Å². The van der Waals surface area contributed by atoms with E-state index in [-0.39, 0.29) is 280 Å². The van der Waals surface area contributed by atoms with Crippen molar-refractivity contribution in [3.05, 3.63) is 105 Å². The van der Waals surface area contributed by atoms with E-state index in [9.17, 15) is 77.6 Å². The van der Waals surface area contributed by atoms with Crippen molar-refractivity contribution in [2.75, 3.05) is 153 Å². The molecule has 0 amide bonds. The maximum Gasteiger partial charge on any atom is 1.00 e. The summed E-state index contributed by atoms with van der Waals surface area (Å²) in [5.74, 6) is 0. The van der Waals surface area contributed by atoms with Crippen LogP contribution < -0.4 is 252 Å². The number of halogens is 1. The van der Waals surface area contributed by atoms with Gasteiger partial charge in [0, 0.05) is 73.0 Å². The van der Waals surface area contributed by atoms with Crippen LogP contribution >= 0.6 is 61.5 Å². The van der Waals surface area contributed by atoms with Gasteiger partial charge in [-0.25, -0.2) is 0 Å². The fourth-order valence-electron chi connectivity index (χ4n) is 8.12. The molecule has 0 bridgehead atoms. The summed E-state index contributed by atoms with van der Waals surface area (Å²) >= 11 is 3.45. The van der Waals surface area contributed by atoms with Crippen molar-refractivity contribution in [1.29, 1.82) is 0 Å². The number of carbonyl (C=O) groups excluding carboxylic acids is 1. The predicted octanol–water partition coefficient (Wildman–Crippen LogP) is -17.0. The van der Waals surface area contributed by atoms with Crippen LogP contribution in [0.4, 0.5) is 0 Å². The van der Waals surface area contributed by atoms with Crippen molar-refractivity contribution < 1.29 is 366 Å². The molecule has 0 aromatic heterocycles. The maximum atomic E-state index is 12.4. The summed E-state index contributed by atoms with van der Waals surface area (Å²) in [6, 6.07) is 16.8. The van der Waals surface area contributed by atoms with Gasteiger partial charge in [-0.3, -0.25) is 23.1 Å². The van der Waals surface area contributed by atoms with Gasteiger partial charge in [0.25, 0.3) is 6.47 Å². The number of carbonyl (C=O) groups is 1. The molecule has 0 fully saturated rings. The van der Waals surface area contributed by atoms with E-state index >= 15 is 0 Å². The van der Waals surface area contributed by atoms with E-state index < -0.39 is 114 Å². The number of rotatable bonds is 43. The molecule has 0 radical (unpaired) electrons. The van der Waals surface area contributed by atoms with Crippen LogP contribution in [0.1, 0.15) is 64.3 Å². The minimum atomic E-state index is -4.70. The third-order valence-corrected chi connectivity index (χ3v) is 24.4. The van der Waals surface area contributed by atoms with Gasteiger partial charge in [0.15, 0.2) is 0 Å². The number of hydrogen-bond donors (Lipinski definition) is 10. The first kappa shape index (κ1) is 121. The van der Waals surface area contributed by atoms with Crippen molar-refractivity contribution in [3.8, 4) is 0 Å². The van der Waals surface area contributed by atoms with Gasteiger partial charge in [-0.1, -0.05) is 85.7 Å². The summed E-state index contributed by atoms with van der Waals surface area (Å²) in [6.45, 7) is -3.68. The zero-order chi connectivity index (χ0) is 72.5. The second kappa shape index (κ2) is 64.6. The molecule has 0 saturated heterocycles. The normalized spacial score (nSPS) is 11.8. The molecular weight excluding hydrogens is 1600 g/mol. The fourth-order valence-corrected chi connectivity index (χ4v) is 13.7. The number of aliphatic hydroxyl groups is 9. The number of benzene rings is 3. The van der Waals surface area contributed by atoms with Gasteiger partial charge in [-0.2, -0.15) is 0 Å². The summed E-state index contributed by atoms with van der Waals surface area (Å²) in [4.78, 5) is 54.7. The van der Waals surface area contributed by atoms with Crippen molar-refractivity contribution >= 4 is 68.0 Å². The van der Waals surface area contributed by atoms with Gasteiger partial charge >= 0.3 is 251 Å². The minimum Gasteiger partial charge on any atom is -1.00 e. The van der Waals surface area contributed by atoms with Crippen LogP contribution in [-0.2, 0) is 130 Å². The Morgan fingerprint density at radius 3 is 0.680 bits per heavy atom. The summed E-state index contributed by atoms with van der Waals surface area (Å²) in [6.07, 6.45) is 3.15. The molecule has 11 N–H and O–H groups in total. The first-order valence-corrected chi connectivity index (χ1v) is 40.2. The number of aryl methyl sites for hydroxylation is 8. The first-order chi connectivity index (χ1) is 44.0. The Morgan fingerprint density at radius 1 is 0.380 bits per heavy atom. The molecule has 100 heavy (non-hydrogen) atoms. The molecule has 31 nitrogen and oxygen atoms in total. The van der Waals surface area contributed by atoms with Crippen LogP contribution in [0.25, 0.3) is 0 Å². The van der Waals surface area contributed by atoms with Crippen LogP contribution in [0, 0.1) is 10.8 Å². The Kier molecular flexibility index (Phi) is 78.2. The zero-order valence-corrected chi connectivity index (χ0v) is 81.6. The third-order valence-electron chi connectivity index (χ3n) is 14.6. The molecule has 44 heteroatoms. The number of aliphatic hydroxyl groups excluding tert-OH is 9. The van der Waals surface area contributed by atoms with Crippen molar-refractivity contribution in [2.45, 2.75) is 75.1 Å². The maximum absolute atomic E-state index is 12.4. The van der Waals surface area contributed by atoms with E-state index in [4.69, 9.17) is 67.3 Å². The number of alkyl halides is 1. The van der Waals surface area contributed by atoms with Crippen LogP contribution in [-0.4, -0.2) is 211 Å². The smallest absolute Gasteiger partial charge is 1.00 e. The average Bonchev–Trinajstić information content (AvgIpc) is 0.854. The molecule has 3 rings (SSSR count). The minimum absolute atomic E-state index is 0. The van der Waals surface area contributed by atoms with Gasteiger partial charge in [0.1, 0.15) is 0 Å². The number of hydrogen-bond acceptors (Lipinski definition) is 31. The Morgan fingerprint density at radius 2 is 0.550 bits per heavy atom. The summed E-state index contributed by atoms with van der Waals surface area (Å²) < 4.78 is 111. The third kappa shape index (κ3) is 52.7. The van der Waals surface area contributed by atoms with Crippen LogP contribution in [0.5, 0.6) is 0 Å². The zero-order valence-electron chi connectivity index (χ0n) is 61.4. The van der Waals surface area contributed by atoms with Crippen LogP contribution in [0.15, 0.2) is 54.6 Å².